The van der Waals surface area contributed by atoms with Crippen molar-refractivity contribution in [1.29, 1.82) is 0 Å². The zero-order valence-electron chi connectivity index (χ0n) is 10.8. The van der Waals surface area contributed by atoms with Crippen LogP contribution in [0.5, 0.6) is 0 Å². The van der Waals surface area contributed by atoms with Crippen molar-refractivity contribution in [3.05, 3.63) is 66.4 Å². The van der Waals surface area contributed by atoms with Crippen molar-refractivity contribution in [1.82, 2.24) is 25.0 Å². The van der Waals surface area contributed by atoms with Gasteiger partial charge < -0.3 is 0 Å². The Morgan fingerprint density at radius 1 is 1.05 bits per heavy atom. The zero-order chi connectivity index (χ0) is 13.6. The summed E-state index contributed by atoms with van der Waals surface area (Å²) in [4.78, 5) is 8.27. The third-order valence-corrected chi connectivity index (χ3v) is 3.66. The predicted octanol–water partition coefficient (Wildman–Crippen LogP) is 2.41. The molecule has 0 aliphatic carbocycles. The smallest absolute Gasteiger partial charge is 0.0963 e. The molecular formula is C14H13N5S. The van der Waals surface area contributed by atoms with Crippen molar-refractivity contribution >= 4 is 11.8 Å². The fourth-order valence-electron chi connectivity index (χ4n) is 1.74. The van der Waals surface area contributed by atoms with E-state index in [-0.39, 0.29) is 0 Å². The molecule has 0 saturated carbocycles. The lowest BCUT2D eigenvalue weighted by atomic mass is 10.3. The summed E-state index contributed by atoms with van der Waals surface area (Å²) in [5.41, 5.74) is 2.11. The van der Waals surface area contributed by atoms with Gasteiger partial charge in [-0.2, -0.15) is 0 Å². The molecule has 5 nitrogen and oxygen atoms in total. The largest absolute Gasteiger partial charge is 0.265 e. The Morgan fingerprint density at radius 3 is 2.75 bits per heavy atom. The Bertz CT molecular complexity index is 654. The van der Waals surface area contributed by atoms with Crippen molar-refractivity contribution in [3.63, 3.8) is 0 Å². The van der Waals surface area contributed by atoms with E-state index in [9.17, 15) is 0 Å². The fourth-order valence-corrected chi connectivity index (χ4v) is 2.48. The average Bonchev–Trinajstić information content (AvgIpc) is 2.95. The lowest BCUT2D eigenvalue weighted by molar-refractivity contribution is 0.649. The Hall–Kier alpha value is -2.21. The number of rotatable bonds is 5. The van der Waals surface area contributed by atoms with Gasteiger partial charge in [-0.25, -0.2) is 9.67 Å². The second kappa shape index (κ2) is 6.29. The molecule has 0 atom stereocenters. The van der Waals surface area contributed by atoms with Crippen LogP contribution >= 0.6 is 11.8 Å². The molecule has 3 heterocycles. The van der Waals surface area contributed by atoms with Crippen LogP contribution in [0.1, 0.15) is 11.3 Å². The van der Waals surface area contributed by atoms with E-state index in [1.807, 2.05) is 41.2 Å². The lowest BCUT2D eigenvalue weighted by Crippen LogP contribution is -2.00. The van der Waals surface area contributed by atoms with E-state index in [2.05, 4.69) is 20.3 Å². The molecule has 6 heteroatoms. The number of thioether (sulfide) groups is 1. The highest BCUT2D eigenvalue weighted by molar-refractivity contribution is 7.98. The van der Waals surface area contributed by atoms with Crippen LogP contribution < -0.4 is 0 Å². The number of pyridine rings is 2. The summed E-state index contributed by atoms with van der Waals surface area (Å²) in [5.74, 6) is 0.771. The normalized spacial score (nSPS) is 10.6. The summed E-state index contributed by atoms with van der Waals surface area (Å²) in [6.45, 7) is 0.712. The quantitative estimate of drug-likeness (QED) is 0.673. The first-order valence-electron chi connectivity index (χ1n) is 6.22. The predicted molar refractivity (Wildman–Crippen MR) is 77.2 cm³/mol. The van der Waals surface area contributed by atoms with E-state index < -0.39 is 0 Å². The first-order chi connectivity index (χ1) is 9.90. The highest BCUT2D eigenvalue weighted by Crippen LogP contribution is 2.18. The van der Waals surface area contributed by atoms with Crippen LogP contribution in [0, 0.1) is 0 Å². The van der Waals surface area contributed by atoms with Gasteiger partial charge in [-0.3, -0.25) is 4.98 Å². The monoisotopic (exact) mass is 283 g/mol. The Balaban J connectivity index is 1.60. The van der Waals surface area contributed by atoms with Crippen LogP contribution in [-0.2, 0) is 12.3 Å². The molecule has 0 aliphatic rings. The third kappa shape index (κ3) is 3.42. The first kappa shape index (κ1) is 12.8. The SMILES string of the molecule is c1ccc(SCc2cn(Cc3ccncc3)nn2)nc1. The maximum atomic E-state index is 4.27. The van der Waals surface area contributed by atoms with Gasteiger partial charge in [0.1, 0.15) is 0 Å². The van der Waals surface area contributed by atoms with E-state index in [0.29, 0.717) is 6.54 Å². The number of hydrogen-bond donors (Lipinski definition) is 0. The number of hydrogen-bond acceptors (Lipinski definition) is 5. The molecule has 0 saturated heterocycles. The van der Waals surface area contributed by atoms with Gasteiger partial charge in [0.15, 0.2) is 0 Å². The van der Waals surface area contributed by atoms with Gasteiger partial charge in [0.05, 0.1) is 17.3 Å². The second-order valence-electron chi connectivity index (χ2n) is 4.22. The summed E-state index contributed by atoms with van der Waals surface area (Å²) in [7, 11) is 0. The van der Waals surface area contributed by atoms with Gasteiger partial charge in [-0.1, -0.05) is 23.0 Å². The summed E-state index contributed by atoms with van der Waals surface area (Å²) < 4.78 is 1.84. The van der Waals surface area contributed by atoms with Gasteiger partial charge in [0.2, 0.25) is 0 Å². The lowest BCUT2D eigenvalue weighted by Gasteiger charge is -1.99. The zero-order valence-corrected chi connectivity index (χ0v) is 11.6. The molecule has 0 spiro atoms. The van der Waals surface area contributed by atoms with Gasteiger partial charge >= 0.3 is 0 Å². The summed E-state index contributed by atoms with van der Waals surface area (Å²) in [6, 6.07) is 9.84. The van der Waals surface area contributed by atoms with Crippen LogP contribution in [0.25, 0.3) is 0 Å². The van der Waals surface area contributed by atoms with E-state index in [0.717, 1.165) is 22.0 Å². The third-order valence-electron chi connectivity index (χ3n) is 2.69. The fraction of sp³-hybridized carbons (Fsp3) is 0.143. The van der Waals surface area contributed by atoms with Gasteiger partial charge in [0.25, 0.3) is 0 Å². The molecule has 0 bridgehead atoms. The number of aromatic nitrogens is 5. The maximum Gasteiger partial charge on any atom is 0.0963 e. The van der Waals surface area contributed by atoms with E-state index in [1.54, 1.807) is 30.4 Å². The summed E-state index contributed by atoms with van der Waals surface area (Å²) >= 11 is 1.66. The molecule has 0 aliphatic heterocycles. The topological polar surface area (TPSA) is 56.5 Å². The van der Waals surface area contributed by atoms with E-state index >= 15 is 0 Å². The van der Waals surface area contributed by atoms with Crippen molar-refractivity contribution < 1.29 is 0 Å². The molecule has 0 unspecified atom stereocenters. The molecule has 100 valence electrons. The van der Waals surface area contributed by atoms with Gasteiger partial charge in [0, 0.05) is 30.5 Å². The molecule has 0 aromatic carbocycles. The van der Waals surface area contributed by atoms with Crippen molar-refractivity contribution in [3.8, 4) is 0 Å². The van der Waals surface area contributed by atoms with Crippen LogP contribution in [0.15, 0.2) is 60.1 Å². The molecule has 3 aromatic rings. The maximum absolute atomic E-state index is 4.27. The Morgan fingerprint density at radius 2 is 1.95 bits per heavy atom. The van der Waals surface area contributed by atoms with Crippen molar-refractivity contribution in [2.45, 2.75) is 17.3 Å². The molecule has 0 radical (unpaired) electrons. The van der Waals surface area contributed by atoms with Gasteiger partial charge in [-0.05, 0) is 29.8 Å². The standard InChI is InChI=1S/C14H13N5S/c1-2-6-16-14(3-1)20-11-13-10-19(18-17-13)9-12-4-7-15-8-5-12/h1-8,10H,9,11H2. The summed E-state index contributed by atoms with van der Waals surface area (Å²) in [5, 5.41) is 9.31. The van der Waals surface area contributed by atoms with Crippen LogP contribution in [0.4, 0.5) is 0 Å². The highest BCUT2D eigenvalue weighted by Gasteiger charge is 2.03. The molecular weight excluding hydrogens is 270 g/mol. The van der Waals surface area contributed by atoms with Crippen molar-refractivity contribution in [2.24, 2.45) is 0 Å². The average molecular weight is 283 g/mol. The van der Waals surface area contributed by atoms with Crippen molar-refractivity contribution in [2.75, 3.05) is 0 Å². The first-order valence-corrected chi connectivity index (χ1v) is 7.20. The van der Waals surface area contributed by atoms with Crippen LogP contribution in [0.2, 0.25) is 0 Å². The highest BCUT2D eigenvalue weighted by atomic mass is 32.2. The minimum atomic E-state index is 0.712. The minimum absolute atomic E-state index is 0.712. The Labute approximate surface area is 121 Å². The number of nitrogens with zero attached hydrogens (tertiary/aromatic N) is 5. The van der Waals surface area contributed by atoms with Gasteiger partial charge in [-0.15, -0.1) is 5.10 Å². The molecule has 3 rings (SSSR count). The van der Waals surface area contributed by atoms with Crippen LogP contribution in [0.3, 0.4) is 0 Å². The molecule has 3 aromatic heterocycles. The van der Waals surface area contributed by atoms with E-state index in [1.165, 1.54) is 0 Å². The molecule has 0 N–H and O–H groups in total. The Kier molecular flexibility index (Phi) is 4.03. The van der Waals surface area contributed by atoms with E-state index in [4.69, 9.17) is 0 Å². The molecule has 0 fully saturated rings. The molecule has 20 heavy (non-hydrogen) atoms. The molecule has 0 amide bonds. The summed E-state index contributed by atoms with van der Waals surface area (Å²) in [6.07, 6.45) is 7.33. The minimum Gasteiger partial charge on any atom is -0.265 e. The van der Waals surface area contributed by atoms with Crippen LogP contribution in [-0.4, -0.2) is 25.0 Å². The second-order valence-corrected chi connectivity index (χ2v) is 5.22.